The molecule has 98 valence electrons. The third-order valence-electron chi connectivity index (χ3n) is 3.08. The molecule has 1 saturated carbocycles. The topological polar surface area (TPSA) is 112 Å². The number of aliphatic hydroxyl groups excluding tert-OH is 2. The van der Waals surface area contributed by atoms with Gasteiger partial charge in [0, 0.05) is 6.42 Å². The Hall–Kier alpha value is -1.80. The number of ketones is 1. The zero-order valence-corrected chi connectivity index (χ0v) is 9.17. The molecule has 3 atom stereocenters. The summed E-state index contributed by atoms with van der Waals surface area (Å²) in [5.41, 5.74) is -2.09. The molecule has 1 fully saturated rings. The minimum atomic E-state index is -1.19. The molecule has 2 rings (SSSR count). The second-order valence-corrected chi connectivity index (χ2v) is 4.15. The summed E-state index contributed by atoms with van der Waals surface area (Å²) in [6.07, 6.45) is -0.555. The Bertz CT molecular complexity index is 593. The second-order valence-electron chi connectivity index (χ2n) is 4.15. The number of aliphatic hydroxyl groups is 2. The Balaban J connectivity index is 2.45. The molecule has 0 amide bonds. The first kappa shape index (κ1) is 12.7. The highest BCUT2D eigenvalue weighted by atomic mass is 19.1. The van der Waals surface area contributed by atoms with Crippen LogP contribution in [0.3, 0.4) is 0 Å². The van der Waals surface area contributed by atoms with Gasteiger partial charge >= 0.3 is 5.69 Å². The van der Waals surface area contributed by atoms with E-state index < -0.39 is 47.5 Å². The van der Waals surface area contributed by atoms with E-state index in [9.17, 15) is 23.9 Å². The third-order valence-corrected chi connectivity index (χ3v) is 3.08. The zero-order valence-electron chi connectivity index (χ0n) is 9.17. The Morgan fingerprint density at radius 2 is 2.11 bits per heavy atom. The van der Waals surface area contributed by atoms with Gasteiger partial charge in [-0.15, -0.1) is 0 Å². The van der Waals surface area contributed by atoms with Crippen molar-refractivity contribution in [3.8, 4) is 0 Å². The molecule has 3 unspecified atom stereocenters. The van der Waals surface area contributed by atoms with Crippen molar-refractivity contribution in [2.75, 3.05) is 6.61 Å². The number of carbonyl (C=O) groups excluding carboxylic acids is 1. The molecule has 0 spiro atoms. The number of aromatic nitrogens is 2. The summed E-state index contributed by atoms with van der Waals surface area (Å²) >= 11 is 0. The van der Waals surface area contributed by atoms with E-state index >= 15 is 0 Å². The number of hydrogen-bond acceptors (Lipinski definition) is 5. The Labute approximate surface area is 99.5 Å². The molecule has 0 aromatic carbocycles. The van der Waals surface area contributed by atoms with Gasteiger partial charge in [0.1, 0.15) is 0 Å². The van der Waals surface area contributed by atoms with E-state index in [-0.39, 0.29) is 6.42 Å². The molecular formula is C10H11FN2O5. The minimum absolute atomic E-state index is 0.102. The van der Waals surface area contributed by atoms with Gasteiger partial charge in [-0.3, -0.25) is 19.1 Å². The van der Waals surface area contributed by atoms with Crippen LogP contribution in [0.2, 0.25) is 0 Å². The molecule has 0 aliphatic heterocycles. The summed E-state index contributed by atoms with van der Waals surface area (Å²) in [7, 11) is 0. The van der Waals surface area contributed by atoms with Crippen LogP contribution in [0.1, 0.15) is 12.5 Å². The van der Waals surface area contributed by atoms with Crippen molar-refractivity contribution in [3.63, 3.8) is 0 Å². The third kappa shape index (κ3) is 1.89. The van der Waals surface area contributed by atoms with Crippen LogP contribution in [0, 0.1) is 11.7 Å². The summed E-state index contributed by atoms with van der Waals surface area (Å²) in [5, 5.41) is 18.5. The summed E-state index contributed by atoms with van der Waals surface area (Å²) in [6, 6.07) is -1.07. The van der Waals surface area contributed by atoms with Gasteiger partial charge in [-0.25, -0.2) is 4.79 Å². The lowest BCUT2D eigenvalue weighted by molar-refractivity contribution is -0.125. The van der Waals surface area contributed by atoms with Crippen molar-refractivity contribution in [3.05, 3.63) is 32.9 Å². The molecule has 18 heavy (non-hydrogen) atoms. The molecule has 1 aromatic rings. The normalized spacial score (nSPS) is 27.7. The lowest BCUT2D eigenvalue weighted by Gasteiger charge is -2.11. The van der Waals surface area contributed by atoms with Crippen LogP contribution < -0.4 is 11.2 Å². The quantitative estimate of drug-likeness (QED) is 0.577. The number of nitrogens with zero attached hydrogens (tertiary/aromatic N) is 1. The van der Waals surface area contributed by atoms with E-state index in [0.717, 1.165) is 4.57 Å². The van der Waals surface area contributed by atoms with Crippen molar-refractivity contribution >= 4 is 5.78 Å². The van der Waals surface area contributed by atoms with Crippen molar-refractivity contribution in [1.82, 2.24) is 9.55 Å². The van der Waals surface area contributed by atoms with Gasteiger partial charge in [-0.2, -0.15) is 4.39 Å². The Morgan fingerprint density at radius 3 is 2.67 bits per heavy atom. The average molecular weight is 258 g/mol. The van der Waals surface area contributed by atoms with Crippen LogP contribution in [0.5, 0.6) is 0 Å². The molecule has 0 saturated heterocycles. The summed E-state index contributed by atoms with van der Waals surface area (Å²) in [6.45, 7) is -0.545. The molecule has 7 nitrogen and oxygen atoms in total. The van der Waals surface area contributed by atoms with E-state index in [0.29, 0.717) is 6.20 Å². The van der Waals surface area contributed by atoms with Crippen LogP contribution in [-0.2, 0) is 4.79 Å². The molecule has 1 aliphatic carbocycles. The fourth-order valence-corrected chi connectivity index (χ4v) is 2.10. The number of H-pyrrole nitrogens is 1. The van der Waals surface area contributed by atoms with Gasteiger partial charge < -0.3 is 10.2 Å². The maximum Gasteiger partial charge on any atom is 0.329 e. The number of halogens is 1. The molecule has 1 aliphatic rings. The van der Waals surface area contributed by atoms with Crippen molar-refractivity contribution in [1.29, 1.82) is 0 Å². The maximum atomic E-state index is 13.1. The molecule has 8 heteroatoms. The lowest BCUT2D eigenvalue weighted by atomic mass is 10.1. The zero-order chi connectivity index (χ0) is 13.4. The Kier molecular flexibility index (Phi) is 3.14. The molecule has 1 heterocycles. The highest BCUT2D eigenvalue weighted by Crippen LogP contribution is 2.30. The molecule has 3 N–H and O–H groups in total. The van der Waals surface area contributed by atoms with E-state index in [2.05, 4.69) is 0 Å². The van der Waals surface area contributed by atoms with Crippen LogP contribution in [0.4, 0.5) is 4.39 Å². The van der Waals surface area contributed by atoms with Gasteiger partial charge in [0.25, 0.3) is 5.56 Å². The van der Waals surface area contributed by atoms with Gasteiger partial charge in [0.15, 0.2) is 5.78 Å². The molecule has 0 radical (unpaired) electrons. The van der Waals surface area contributed by atoms with Crippen LogP contribution in [0.25, 0.3) is 0 Å². The number of aromatic amines is 1. The number of nitrogens with one attached hydrogen (secondary N) is 1. The number of hydrogen-bond donors (Lipinski definition) is 3. The molecule has 1 aromatic heterocycles. The molecular weight excluding hydrogens is 247 g/mol. The average Bonchev–Trinajstić information content (AvgIpc) is 2.59. The largest absolute Gasteiger partial charge is 0.396 e. The fraction of sp³-hybridized carbons (Fsp3) is 0.500. The highest BCUT2D eigenvalue weighted by molar-refractivity contribution is 5.87. The van der Waals surface area contributed by atoms with Crippen LogP contribution in [0.15, 0.2) is 15.8 Å². The monoisotopic (exact) mass is 258 g/mol. The number of Topliss-reactive ketones (excluding diaryl/α,β-unsaturated/α-hetero) is 1. The smallest absolute Gasteiger partial charge is 0.329 e. The van der Waals surface area contributed by atoms with E-state index in [1.165, 1.54) is 0 Å². The lowest BCUT2D eigenvalue weighted by Crippen LogP contribution is -2.35. The van der Waals surface area contributed by atoms with Gasteiger partial charge in [0.2, 0.25) is 5.82 Å². The first-order chi connectivity index (χ1) is 8.45. The van der Waals surface area contributed by atoms with Gasteiger partial charge in [-0.1, -0.05) is 0 Å². The van der Waals surface area contributed by atoms with Gasteiger partial charge in [0.05, 0.1) is 30.9 Å². The summed E-state index contributed by atoms with van der Waals surface area (Å²) < 4.78 is 13.8. The van der Waals surface area contributed by atoms with Crippen molar-refractivity contribution < 1.29 is 19.4 Å². The minimum Gasteiger partial charge on any atom is -0.396 e. The highest BCUT2D eigenvalue weighted by Gasteiger charge is 2.42. The van der Waals surface area contributed by atoms with Crippen molar-refractivity contribution in [2.24, 2.45) is 5.92 Å². The SMILES string of the molecule is O=C1C(CO)C(O)CC1n1cc(F)c(=O)[nH]c1=O. The predicted octanol–water partition coefficient (Wildman–Crippen LogP) is -1.84. The first-order valence-electron chi connectivity index (χ1n) is 5.29. The fourth-order valence-electron chi connectivity index (χ4n) is 2.10. The Morgan fingerprint density at radius 1 is 1.44 bits per heavy atom. The number of carbonyl (C=O) groups is 1. The van der Waals surface area contributed by atoms with E-state index in [1.54, 1.807) is 4.98 Å². The van der Waals surface area contributed by atoms with Crippen LogP contribution >= 0.6 is 0 Å². The van der Waals surface area contributed by atoms with E-state index in [4.69, 9.17) is 5.11 Å². The summed E-state index contributed by atoms with van der Waals surface area (Å²) in [4.78, 5) is 35.9. The van der Waals surface area contributed by atoms with Crippen molar-refractivity contribution in [2.45, 2.75) is 18.6 Å². The summed E-state index contributed by atoms with van der Waals surface area (Å²) in [5.74, 6) is -2.74. The second kappa shape index (κ2) is 4.46. The first-order valence-corrected chi connectivity index (χ1v) is 5.29. The van der Waals surface area contributed by atoms with E-state index in [1.807, 2.05) is 0 Å². The maximum absolute atomic E-state index is 13.1. The number of rotatable bonds is 2. The standard InChI is InChI=1S/C10H11FN2O5/c11-5-2-13(10(18)12-9(5)17)6-1-7(15)4(3-14)8(6)16/h2,4,6-7,14-15H,1,3H2,(H,12,17,18). The van der Waals surface area contributed by atoms with Gasteiger partial charge in [-0.05, 0) is 0 Å². The molecule has 0 bridgehead atoms. The van der Waals surface area contributed by atoms with Crippen LogP contribution in [-0.4, -0.2) is 38.3 Å². The predicted molar refractivity (Wildman–Crippen MR) is 56.5 cm³/mol.